The van der Waals surface area contributed by atoms with Gasteiger partial charge in [-0.2, -0.15) is 0 Å². The second-order valence-corrected chi connectivity index (χ2v) is 4.71. The molecule has 0 spiro atoms. The van der Waals surface area contributed by atoms with Crippen LogP contribution >= 0.6 is 12.4 Å². The molecule has 2 N–H and O–H groups in total. The van der Waals surface area contributed by atoms with E-state index in [9.17, 15) is 0 Å². The number of hydrogen-bond donors (Lipinski definition) is 1. The smallest absolute Gasteiger partial charge is 0.161 e. The van der Waals surface area contributed by atoms with E-state index in [0.717, 1.165) is 22.6 Å². The zero-order valence-corrected chi connectivity index (χ0v) is 12.2. The van der Waals surface area contributed by atoms with Crippen LogP contribution in [0.2, 0.25) is 0 Å². The molecule has 2 aromatic carbocycles. The maximum absolute atomic E-state index is 5.71. The number of ether oxygens (including phenoxy) is 2. The largest absolute Gasteiger partial charge is 0.486 e. The van der Waals surface area contributed by atoms with Crippen LogP contribution in [0.1, 0.15) is 11.1 Å². The van der Waals surface area contributed by atoms with Crippen LogP contribution in [0.15, 0.2) is 36.4 Å². The number of benzene rings is 2. The fourth-order valence-corrected chi connectivity index (χ4v) is 2.32. The van der Waals surface area contributed by atoms with Gasteiger partial charge in [-0.05, 0) is 47.4 Å². The lowest BCUT2D eigenvalue weighted by atomic mass is 9.97. The van der Waals surface area contributed by atoms with E-state index in [2.05, 4.69) is 31.2 Å². The Hall–Kier alpha value is -1.71. The molecule has 1 aliphatic rings. The van der Waals surface area contributed by atoms with Gasteiger partial charge in [0.25, 0.3) is 0 Å². The Morgan fingerprint density at radius 2 is 1.75 bits per heavy atom. The quantitative estimate of drug-likeness (QED) is 0.923. The molecule has 0 saturated heterocycles. The molecule has 3 rings (SSSR count). The van der Waals surface area contributed by atoms with Crippen LogP contribution in [0.3, 0.4) is 0 Å². The van der Waals surface area contributed by atoms with Crippen LogP contribution in [0, 0.1) is 6.92 Å². The van der Waals surface area contributed by atoms with Crippen LogP contribution in [0.4, 0.5) is 0 Å². The maximum atomic E-state index is 5.71. The van der Waals surface area contributed by atoms with Crippen molar-refractivity contribution in [3.05, 3.63) is 47.5 Å². The molecule has 1 heterocycles. The number of nitrogens with two attached hydrogens (primary N) is 1. The SMILES string of the molecule is Cc1ccc(CN)cc1-c1ccc2c(c1)OCCO2.Cl. The standard InChI is InChI=1S/C16H17NO2.ClH/c1-11-2-3-12(10-17)8-14(11)13-4-5-15-16(9-13)19-7-6-18-15;/h2-5,8-9H,6-7,10,17H2,1H3;1H. The third-order valence-electron chi connectivity index (χ3n) is 3.39. The fraction of sp³-hybridized carbons (Fsp3) is 0.250. The van der Waals surface area contributed by atoms with E-state index in [0.29, 0.717) is 19.8 Å². The molecule has 0 atom stereocenters. The number of halogens is 1. The number of fused-ring (bicyclic) bond motifs is 1. The van der Waals surface area contributed by atoms with Crippen LogP contribution in [-0.2, 0) is 6.54 Å². The fourth-order valence-electron chi connectivity index (χ4n) is 2.32. The molecule has 0 aromatic heterocycles. The predicted octanol–water partition coefficient (Wildman–Crippen LogP) is 3.31. The minimum absolute atomic E-state index is 0. The molecule has 4 heteroatoms. The van der Waals surface area contributed by atoms with Crippen molar-refractivity contribution >= 4 is 12.4 Å². The summed E-state index contributed by atoms with van der Waals surface area (Å²) in [6.07, 6.45) is 0. The van der Waals surface area contributed by atoms with E-state index < -0.39 is 0 Å². The van der Waals surface area contributed by atoms with Gasteiger partial charge in [0.15, 0.2) is 11.5 Å². The minimum atomic E-state index is 0. The summed E-state index contributed by atoms with van der Waals surface area (Å²) >= 11 is 0. The Morgan fingerprint density at radius 1 is 1.00 bits per heavy atom. The molecule has 0 unspecified atom stereocenters. The van der Waals surface area contributed by atoms with Crippen molar-refractivity contribution in [3.63, 3.8) is 0 Å². The van der Waals surface area contributed by atoms with E-state index >= 15 is 0 Å². The highest BCUT2D eigenvalue weighted by Crippen LogP contribution is 2.35. The Balaban J connectivity index is 0.00000147. The molecule has 0 bridgehead atoms. The Labute approximate surface area is 125 Å². The first-order chi connectivity index (χ1) is 9.28. The monoisotopic (exact) mass is 291 g/mol. The second kappa shape index (κ2) is 6.16. The number of aryl methyl sites for hydroxylation is 1. The van der Waals surface area contributed by atoms with Gasteiger partial charge in [-0.3, -0.25) is 0 Å². The highest BCUT2D eigenvalue weighted by molar-refractivity contribution is 5.85. The van der Waals surface area contributed by atoms with Crippen molar-refractivity contribution in [2.45, 2.75) is 13.5 Å². The number of hydrogen-bond acceptors (Lipinski definition) is 3. The molecule has 2 aromatic rings. The van der Waals surface area contributed by atoms with Gasteiger partial charge >= 0.3 is 0 Å². The molecular weight excluding hydrogens is 274 g/mol. The van der Waals surface area contributed by atoms with Gasteiger partial charge in [0.1, 0.15) is 13.2 Å². The molecule has 3 nitrogen and oxygen atoms in total. The average molecular weight is 292 g/mol. The first-order valence-electron chi connectivity index (χ1n) is 6.47. The maximum Gasteiger partial charge on any atom is 0.161 e. The molecule has 0 amide bonds. The van der Waals surface area contributed by atoms with Gasteiger partial charge in [-0.15, -0.1) is 12.4 Å². The topological polar surface area (TPSA) is 44.5 Å². The molecule has 20 heavy (non-hydrogen) atoms. The zero-order chi connectivity index (χ0) is 13.2. The highest BCUT2D eigenvalue weighted by Gasteiger charge is 2.13. The van der Waals surface area contributed by atoms with Gasteiger partial charge in [0, 0.05) is 6.54 Å². The second-order valence-electron chi connectivity index (χ2n) is 4.71. The van der Waals surface area contributed by atoms with E-state index in [1.807, 2.05) is 12.1 Å². The Morgan fingerprint density at radius 3 is 2.50 bits per heavy atom. The van der Waals surface area contributed by atoms with E-state index in [1.54, 1.807) is 0 Å². The van der Waals surface area contributed by atoms with Crippen molar-refractivity contribution in [1.29, 1.82) is 0 Å². The van der Waals surface area contributed by atoms with Gasteiger partial charge < -0.3 is 15.2 Å². The summed E-state index contributed by atoms with van der Waals surface area (Å²) in [5.74, 6) is 1.64. The van der Waals surface area contributed by atoms with Gasteiger partial charge in [0.2, 0.25) is 0 Å². The summed E-state index contributed by atoms with van der Waals surface area (Å²) < 4.78 is 11.2. The summed E-state index contributed by atoms with van der Waals surface area (Å²) in [6.45, 7) is 3.89. The summed E-state index contributed by atoms with van der Waals surface area (Å²) in [4.78, 5) is 0. The van der Waals surface area contributed by atoms with Gasteiger partial charge in [-0.25, -0.2) is 0 Å². The van der Waals surface area contributed by atoms with E-state index in [1.165, 1.54) is 11.1 Å². The van der Waals surface area contributed by atoms with Gasteiger partial charge in [0.05, 0.1) is 0 Å². The third kappa shape index (κ3) is 2.74. The van der Waals surface area contributed by atoms with E-state index in [4.69, 9.17) is 15.2 Å². The molecule has 106 valence electrons. The van der Waals surface area contributed by atoms with Crippen molar-refractivity contribution in [1.82, 2.24) is 0 Å². The van der Waals surface area contributed by atoms with Crippen LogP contribution in [0.25, 0.3) is 11.1 Å². The first kappa shape index (κ1) is 14.7. The molecule has 0 radical (unpaired) electrons. The van der Waals surface area contributed by atoms with Crippen molar-refractivity contribution in [2.75, 3.05) is 13.2 Å². The van der Waals surface area contributed by atoms with Crippen molar-refractivity contribution in [3.8, 4) is 22.6 Å². The summed E-state index contributed by atoms with van der Waals surface area (Å²) in [7, 11) is 0. The summed E-state index contributed by atoms with van der Waals surface area (Å²) in [5, 5.41) is 0. The van der Waals surface area contributed by atoms with Crippen LogP contribution < -0.4 is 15.2 Å². The summed E-state index contributed by atoms with van der Waals surface area (Å²) in [6, 6.07) is 12.4. The number of rotatable bonds is 2. The molecule has 0 aliphatic carbocycles. The third-order valence-corrected chi connectivity index (χ3v) is 3.39. The van der Waals surface area contributed by atoms with Crippen LogP contribution in [0.5, 0.6) is 11.5 Å². The lowest BCUT2D eigenvalue weighted by Crippen LogP contribution is -2.15. The van der Waals surface area contributed by atoms with Crippen molar-refractivity contribution < 1.29 is 9.47 Å². The molecule has 1 aliphatic heterocycles. The minimum Gasteiger partial charge on any atom is -0.486 e. The average Bonchev–Trinajstić information content (AvgIpc) is 2.47. The molecular formula is C16H18ClNO2. The zero-order valence-electron chi connectivity index (χ0n) is 11.4. The highest BCUT2D eigenvalue weighted by atomic mass is 35.5. The van der Waals surface area contributed by atoms with Gasteiger partial charge in [-0.1, -0.05) is 18.2 Å². The lowest BCUT2D eigenvalue weighted by molar-refractivity contribution is 0.171. The predicted molar refractivity (Wildman–Crippen MR) is 82.7 cm³/mol. The van der Waals surface area contributed by atoms with Crippen molar-refractivity contribution in [2.24, 2.45) is 5.73 Å². The first-order valence-corrected chi connectivity index (χ1v) is 6.47. The van der Waals surface area contributed by atoms with E-state index in [-0.39, 0.29) is 12.4 Å². The molecule has 0 fully saturated rings. The normalized spacial score (nSPS) is 12.7. The Kier molecular flexibility index (Phi) is 4.53. The Bertz CT molecular complexity index is 613. The van der Waals surface area contributed by atoms with Crippen LogP contribution in [-0.4, -0.2) is 13.2 Å². The molecule has 0 saturated carbocycles. The summed E-state index contributed by atoms with van der Waals surface area (Å²) in [5.41, 5.74) is 10.4. The lowest BCUT2D eigenvalue weighted by Gasteiger charge is -2.19.